The number of carbonyl (C=O) groups excluding carboxylic acids is 1. The molecule has 2 heteroatoms. The second-order valence-electron chi connectivity index (χ2n) is 4.27. The summed E-state index contributed by atoms with van der Waals surface area (Å²) >= 11 is 0. The van der Waals surface area contributed by atoms with Crippen molar-refractivity contribution in [2.24, 2.45) is 0 Å². The van der Waals surface area contributed by atoms with Gasteiger partial charge in [0.15, 0.2) is 0 Å². The molecular weight excluding hydrogens is 186 g/mol. The van der Waals surface area contributed by atoms with Gasteiger partial charge in [-0.2, -0.15) is 0 Å². The van der Waals surface area contributed by atoms with Crippen LogP contribution >= 0.6 is 0 Å². The van der Waals surface area contributed by atoms with Crippen LogP contribution in [0.25, 0.3) is 0 Å². The maximum Gasteiger partial charge on any atom is 0.219 e. The number of carbonyl (C=O) groups is 1. The van der Waals surface area contributed by atoms with Crippen molar-refractivity contribution in [3.8, 4) is 0 Å². The van der Waals surface area contributed by atoms with Gasteiger partial charge in [0.2, 0.25) is 5.91 Å². The molecule has 0 saturated carbocycles. The monoisotopic (exact) mass is 211 g/mol. The molecular formula is C13H25NO. The first kappa shape index (κ1) is 14.2. The van der Waals surface area contributed by atoms with Crippen LogP contribution in [0.15, 0.2) is 11.6 Å². The number of rotatable bonds is 7. The van der Waals surface area contributed by atoms with Gasteiger partial charge in [-0.05, 0) is 19.8 Å². The molecule has 0 N–H and O–H groups in total. The number of amides is 1. The van der Waals surface area contributed by atoms with Gasteiger partial charge in [0.05, 0.1) is 0 Å². The van der Waals surface area contributed by atoms with Crippen molar-refractivity contribution in [1.29, 1.82) is 0 Å². The average Bonchev–Trinajstić information content (AvgIpc) is 2.17. The molecule has 0 aliphatic heterocycles. The van der Waals surface area contributed by atoms with E-state index in [0.29, 0.717) is 0 Å². The molecule has 0 aromatic carbocycles. The Morgan fingerprint density at radius 3 is 2.40 bits per heavy atom. The summed E-state index contributed by atoms with van der Waals surface area (Å²) in [4.78, 5) is 12.7. The molecule has 0 rings (SSSR count). The van der Waals surface area contributed by atoms with Crippen molar-refractivity contribution in [1.82, 2.24) is 4.90 Å². The Bertz CT molecular complexity index is 209. The van der Waals surface area contributed by atoms with Crippen LogP contribution in [0.4, 0.5) is 0 Å². The standard InChI is InChI=1S/C13H25NO/c1-5-6-7-8-9-10-12(2)11-14(4)13(3)15/h10H,5-9,11H2,1-4H3/b12-10-. The van der Waals surface area contributed by atoms with Crippen LogP contribution in [-0.2, 0) is 4.79 Å². The number of unbranched alkanes of at least 4 members (excludes halogenated alkanes) is 4. The van der Waals surface area contributed by atoms with Crippen molar-refractivity contribution in [2.45, 2.75) is 52.9 Å². The maximum absolute atomic E-state index is 11.0. The second-order valence-corrected chi connectivity index (χ2v) is 4.27. The van der Waals surface area contributed by atoms with Gasteiger partial charge in [-0.3, -0.25) is 4.79 Å². The lowest BCUT2D eigenvalue weighted by Gasteiger charge is -2.14. The van der Waals surface area contributed by atoms with Gasteiger partial charge in [-0.15, -0.1) is 0 Å². The van der Waals surface area contributed by atoms with Crippen LogP contribution < -0.4 is 0 Å². The Morgan fingerprint density at radius 2 is 1.87 bits per heavy atom. The molecule has 0 aliphatic rings. The van der Waals surface area contributed by atoms with E-state index in [1.165, 1.54) is 31.3 Å². The minimum atomic E-state index is 0.133. The van der Waals surface area contributed by atoms with E-state index >= 15 is 0 Å². The van der Waals surface area contributed by atoms with E-state index in [1.807, 2.05) is 7.05 Å². The Labute approximate surface area is 94.4 Å². The first-order valence-corrected chi connectivity index (χ1v) is 5.95. The van der Waals surface area contributed by atoms with E-state index in [1.54, 1.807) is 11.8 Å². The Hall–Kier alpha value is -0.790. The second kappa shape index (κ2) is 8.51. The Balaban J connectivity index is 3.65. The molecule has 0 fully saturated rings. The first-order valence-electron chi connectivity index (χ1n) is 5.95. The largest absolute Gasteiger partial charge is 0.342 e. The van der Waals surface area contributed by atoms with Gasteiger partial charge in [-0.1, -0.05) is 37.8 Å². The van der Waals surface area contributed by atoms with Crippen LogP contribution in [-0.4, -0.2) is 24.4 Å². The molecule has 0 radical (unpaired) electrons. The third-order valence-electron chi connectivity index (χ3n) is 2.57. The summed E-state index contributed by atoms with van der Waals surface area (Å²) in [5.41, 5.74) is 1.30. The predicted octanol–water partition coefficient (Wildman–Crippen LogP) is 3.38. The van der Waals surface area contributed by atoms with E-state index in [9.17, 15) is 4.79 Å². The van der Waals surface area contributed by atoms with Crippen molar-refractivity contribution in [3.05, 3.63) is 11.6 Å². The highest BCUT2D eigenvalue weighted by atomic mass is 16.2. The minimum Gasteiger partial charge on any atom is -0.342 e. The third kappa shape index (κ3) is 8.22. The quantitative estimate of drug-likeness (QED) is 0.467. The van der Waals surface area contributed by atoms with Crippen molar-refractivity contribution < 1.29 is 4.79 Å². The van der Waals surface area contributed by atoms with Gasteiger partial charge >= 0.3 is 0 Å². The molecule has 0 bridgehead atoms. The molecule has 2 nitrogen and oxygen atoms in total. The van der Waals surface area contributed by atoms with Crippen LogP contribution in [0.2, 0.25) is 0 Å². The van der Waals surface area contributed by atoms with Gasteiger partial charge in [0, 0.05) is 20.5 Å². The summed E-state index contributed by atoms with van der Waals surface area (Å²) < 4.78 is 0. The van der Waals surface area contributed by atoms with Crippen molar-refractivity contribution in [3.63, 3.8) is 0 Å². The molecule has 0 spiro atoms. The predicted molar refractivity (Wildman–Crippen MR) is 65.8 cm³/mol. The van der Waals surface area contributed by atoms with E-state index in [2.05, 4.69) is 19.9 Å². The number of hydrogen-bond acceptors (Lipinski definition) is 1. The lowest BCUT2D eigenvalue weighted by molar-refractivity contribution is -0.127. The van der Waals surface area contributed by atoms with Gasteiger partial charge in [0.1, 0.15) is 0 Å². The average molecular weight is 211 g/mol. The van der Waals surface area contributed by atoms with Crippen LogP contribution in [0.1, 0.15) is 52.9 Å². The fourth-order valence-electron chi connectivity index (χ4n) is 1.47. The van der Waals surface area contributed by atoms with Crippen LogP contribution in [0, 0.1) is 0 Å². The summed E-state index contributed by atoms with van der Waals surface area (Å²) in [5.74, 6) is 0.133. The number of allylic oxidation sites excluding steroid dienone is 1. The molecule has 0 atom stereocenters. The molecule has 0 saturated heterocycles. The molecule has 0 aromatic rings. The highest BCUT2D eigenvalue weighted by molar-refractivity contribution is 5.73. The highest BCUT2D eigenvalue weighted by Gasteiger charge is 2.01. The fourth-order valence-corrected chi connectivity index (χ4v) is 1.47. The van der Waals surface area contributed by atoms with Gasteiger partial charge in [-0.25, -0.2) is 0 Å². The zero-order chi connectivity index (χ0) is 11.7. The van der Waals surface area contributed by atoms with E-state index < -0.39 is 0 Å². The van der Waals surface area contributed by atoms with Crippen LogP contribution in [0.5, 0.6) is 0 Å². The molecule has 0 heterocycles. The Kier molecular flexibility index (Phi) is 8.06. The zero-order valence-electron chi connectivity index (χ0n) is 10.7. The summed E-state index contributed by atoms with van der Waals surface area (Å²) in [6.45, 7) is 6.69. The van der Waals surface area contributed by atoms with Crippen molar-refractivity contribution >= 4 is 5.91 Å². The smallest absolute Gasteiger partial charge is 0.219 e. The third-order valence-corrected chi connectivity index (χ3v) is 2.57. The first-order chi connectivity index (χ1) is 7.07. The number of hydrogen-bond donors (Lipinski definition) is 0. The lowest BCUT2D eigenvalue weighted by Crippen LogP contribution is -2.25. The molecule has 15 heavy (non-hydrogen) atoms. The van der Waals surface area contributed by atoms with Crippen LogP contribution in [0.3, 0.4) is 0 Å². The fraction of sp³-hybridized carbons (Fsp3) is 0.769. The van der Waals surface area contributed by atoms with Crippen molar-refractivity contribution in [2.75, 3.05) is 13.6 Å². The lowest BCUT2D eigenvalue weighted by atomic mass is 10.1. The van der Waals surface area contributed by atoms with Gasteiger partial charge < -0.3 is 4.90 Å². The van der Waals surface area contributed by atoms with Gasteiger partial charge in [0.25, 0.3) is 0 Å². The highest BCUT2D eigenvalue weighted by Crippen LogP contribution is 2.06. The minimum absolute atomic E-state index is 0.133. The molecule has 1 amide bonds. The Morgan fingerprint density at radius 1 is 1.20 bits per heavy atom. The van der Waals surface area contributed by atoms with E-state index in [4.69, 9.17) is 0 Å². The molecule has 0 aliphatic carbocycles. The summed E-state index contributed by atoms with van der Waals surface area (Å²) in [6.07, 6.45) is 8.63. The molecule has 0 aromatic heterocycles. The number of likely N-dealkylation sites (N-methyl/N-ethyl adjacent to an activating group) is 1. The number of nitrogens with zero attached hydrogens (tertiary/aromatic N) is 1. The van der Waals surface area contributed by atoms with E-state index in [0.717, 1.165) is 13.0 Å². The topological polar surface area (TPSA) is 20.3 Å². The summed E-state index contributed by atoms with van der Waals surface area (Å²) in [5, 5.41) is 0. The normalized spacial score (nSPS) is 11.6. The zero-order valence-corrected chi connectivity index (χ0v) is 10.7. The van der Waals surface area contributed by atoms with E-state index in [-0.39, 0.29) is 5.91 Å². The molecule has 88 valence electrons. The summed E-state index contributed by atoms with van der Waals surface area (Å²) in [6, 6.07) is 0. The summed E-state index contributed by atoms with van der Waals surface area (Å²) in [7, 11) is 1.84. The SMILES string of the molecule is CCCCCC/C=C(/C)CN(C)C(C)=O. The molecule has 0 unspecified atom stereocenters. The maximum atomic E-state index is 11.0.